The average Bonchev–Trinajstić information content (AvgIpc) is 2.56. The molecule has 1 aromatic rings. The van der Waals surface area contributed by atoms with Gasteiger partial charge in [0.1, 0.15) is 13.2 Å². The summed E-state index contributed by atoms with van der Waals surface area (Å²) in [6.07, 6.45) is 0.827. The monoisotopic (exact) mass is 290 g/mol. The number of ketones is 1. The standard InChI is InChI=1S/C16H22N2O3/c1-2-13(18-7-5-17-6-8-18)16(19)12-3-4-14-15(11-12)21-10-9-20-14/h3-4,11,13,17H,2,5-10H2,1H3. The van der Waals surface area contributed by atoms with Gasteiger partial charge in [-0.05, 0) is 24.6 Å². The molecule has 1 aromatic carbocycles. The fourth-order valence-corrected chi connectivity index (χ4v) is 2.99. The molecule has 1 fully saturated rings. The van der Waals surface area contributed by atoms with Crippen molar-refractivity contribution in [3.8, 4) is 11.5 Å². The van der Waals surface area contributed by atoms with E-state index >= 15 is 0 Å². The summed E-state index contributed by atoms with van der Waals surface area (Å²) in [6, 6.07) is 5.46. The molecule has 0 bridgehead atoms. The van der Waals surface area contributed by atoms with Crippen LogP contribution in [0.15, 0.2) is 18.2 Å². The summed E-state index contributed by atoms with van der Waals surface area (Å²) >= 11 is 0. The summed E-state index contributed by atoms with van der Waals surface area (Å²) in [4.78, 5) is 15.1. The number of ether oxygens (including phenoxy) is 2. The molecule has 1 atom stereocenters. The minimum absolute atomic E-state index is 0.0466. The third kappa shape index (κ3) is 3.04. The smallest absolute Gasteiger partial charge is 0.180 e. The van der Waals surface area contributed by atoms with Crippen LogP contribution in [0.25, 0.3) is 0 Å². The van der Waals surface area contributed by atoms with Crippen LogP contribution in [-0.2, 0) is 0 Å². The molecule has 114 valence electrons. The number of nitrogens with zero attached hydrogens (tertiary/aromatic N) is 1. The van der Waals surface area contributed by atoms with E-state index in [0.29, 0.717) is 24.5 Å². The van der Waals surface area contributed by atoms with Crippen molar-refractivity contribution in [1.82, 2.24) is 10.2 Å². The maximum Gasteiger partial charge on any atom is 0.180 e. The van der Waals surface area contributed by atoms with Crippen molar-refractivity contribution < 1.29 is 14.3 Å². The molecule has 2 aliphatic heterocycles. The van der Waals surface area contributed by atoms with Crippen molar-refractivity contribution >= 4 is 5.78 Å². The van der Waals surface area contributed by atoms with Crippen LogP contribution >= 0.6 is 0 Å². The third-order valence-electron chi connectivity index (χ3n) is 4.11. The molecule has 3 rings (SSSR count). The van der Waals surface area contributed by atoms with Crippen LogP contribution in [0, 0.1) is 0 Å². The maximum absolute atomic E-state index is 12.8. The molecule has 0 saturated carbocycles. The molecule has 1 unspecified atom stereocenters. The van der Waals surface area contributed by atoms with E-state index in [1.165, 1.54) is 0 Å². The third-order valence-corrected chi connectivity index (χ3v) is 4.11. The summed E-state index contributed by atoms with van der Waals surface area (Å²) in [6.45, 7) is 6.93. The zero-order chi connectivity index (χ0) is 14.7. The maximum atomic E-state index is 12.8. The highest BCUT2D eigenvalue weighted by atomic mass is 16.6. The quantitative estimate of drug-likeness (QED) is 0.848. The van der Waals surface area contributed by atoms with Gasteiger partial charge in [-0.3, -0.25) is 9.69 Å². The lowest BCUT2D eigenvalue weighted by molar-refractivity contribution is 0.0789. The summed E-state index contributed by atoms with van der Waals surface area (Å²) in [5.41, 5.74) is 0.713. The number of piperazine rings is 1. The van der Waals surface area contributed by atoms with Crippen molar-refractivity contribution in [2.45, 2.75) is 19.4 Å². The summed E-state index contributed by atoms with van der Waals surface area (Å²) in [7, 11) is 0. The van der Waals surface area contributed by atoms with Gasteiger partial charge >= 0.3 is 0 Å². The Morgan fingerprint density at radius 3 is 2.67 bits per heavy atom. The lowest BCUT2D eigenvalue weighted by Crippen LogP contribution is -2.51. The molecule has 21 heavy (non-hydrogen) atoms. The van der Waals surface area contributed by atoms with Crippen molar-refractivity contribution in [2.75, 3.05) is 39.4 Å². The molecule has 1 saturated heterocycles. The van der Waals surface area contributed by atoms with Crippen molar-refractivity contribution in [3.05, 3.63) is 23.8 Å². The Morgan fingerprint density at radius 2 is 1.95 bits per heavy atom. The highest BCUT2D eigenvalue weighted by Crippen LogP contribution is 2.31. The largest absolute Gasteiger partial charge is 0.486 e. The predicted molar refractivity (Wildman–Crippen MR) is 80.3 cm³/mol. The second-order valence-corrected chi connectivity index (χ2v) is 5.43. The van der Waals surface area contributed by atoms with Crippen molar-refractivity contribution in [2.24, 2.45) is 0 Å². The number of hydrogen-bond donors (Lipinski definition) is 1. The van der Waals surface area contributed by atoms with E-state index in [0.717, 1.165) is 38.3 Å². The molecule has 2 aliphatic rings. The zero-order valence-corrected chi connectivity index (χ0v) is 12.4. The average molecular weight is 290 g/mol. The van der Waals surface area contributed by atoms with Gasteiger partial charge in [0.2, 0.25) is 0 Å². The SMILES string of the molecule is CCC(C(=O)c1ccc2c(c1)OCCO2)N1CCNCC1. The van der Waals surface area contributed by atoms with Gasteiger partial charge in [-0.2, -0.15) is 0 Å². The lowest BCUT2D eigenvalue weighted by Gasteiger charge is -2.33. The Balaban J connectivity index is 1.79. The van der Waals surface area contributed by atoms with Gasteiger partial charge in [0.25, 0.3) is 0 Å². The van der Waals surface area contributed by atoms with Gasteiger partial charge in [0, 0.05) is 31.7 Å². The molecule has 0 aliphatic carbocycles. The number of rotatable bonds is 4. The first-order valence-corrected chi connectivity index (χ1v) is 7.68. The number of carbonyl (C=O) groups is 1. The zero-order valence-electron chi connectivity index (χ0n) is 12.4. The normalized spacial score (nSPS) is 20.0. The van der Waals surface area contributed by atoms with Crippen LogP contribution in [-0.4, -0.2) is 56.1 Å². The topological polar surface area (TPSA) is 50.8 Å². The molecule has 0 radical (unpaired) electrons. The molecular weight excluding hydrogens is 268 g/mol. The molecule has 2 heterocycles. The molecule has 5 nitrogen and oxygen atoms in total. The number of hydrogen-bond acceptors (Lipinski definition) is 5. The van der Waals surface area contributed by atoms with E-state index < -0.39 is 0 Å². The molecule has 0 aromatic heterocycles. The Kier molecular flexibility index (Phi) is 4.41. The van der Waals surface area contributed by atoms with Crippen LogP contribution in [0.4, 0.5) is 0 Å². The van der Waals surface area contributed by atoms with Gasteiger partial charge in [-0.15, -0.1) is 0 Å². The molecule has 1 N–H and O–H groups in total. The summed E-state index contributed by atoms with van der Waals surface area (Å²) < 4.78 is 11.1. The molecular formula is C16H22N2O3. The van der Waals surface area contributed by atoms with E-state index in [-0.39, 0.29) is 11.8 Å². The number of nitrogens with one attached hydrogen (secondary N) is 1. The van der Waals surface area contributed by atoms with E-state index in [1.54, 1.807) is 0 Å². The van der Waals surface area contributed by atoms with Crippen LogP contribution in [0.3, 0.4) is 0 Å². The lowest BCUT2D eigenvalue weighted by atomic mass is 9.99. The van der Waals surface area contributed by atoms with E-state index in [4.69, 9.17) is 9.47 Å². The molecule has 0 spiro atoms. The number of benzene rings is 1. The fraction of sp³-hybridized carbons (Fsp3) is 0.562. The first-order valence-electron chi connectivity index (χ1n) is 7.68. The van der Waals surface area contributed by atoms with E-state index in [9.17, 15) is 4.79 Å². The van der Waals surface area contributed by atoms with Gasteiger partial charge in [0.15, 0.2) is 17.3 Å². The van der Waals surface area contributed by atoms with Crippen LogP contribution in [0.1, 0.15) is 23.7 Å². The highest BCUT2D eigenvalue weighted by molar-refractivity contribution is 6.00. The number of Topliss-reactive ketones (excluding diaryl/α,β-unsaturated/α-hetero) is 1. The Morgan fingerprint density at radius 1 is 1.24 bits per heavy atom. The van der Waals surface area contributed by atoms with Gasteiger partial charge in [-0.25, -0.2) is 0 Å². The molecule has 5 heteroatoms. The highest BCUT2D eigenvalue weighted by Gasteiger charge is 2.27. The van der Waals surface area contributed by atoms with Gasteiger partial charge in [0.05, 0.1) is 6.04 Å². The van der Waals surface area contributed by atoms with Crippen molar-refractivity contribution in [1.29, 1.82) is 0 Å². The minimum atomic E-state index is -0.0466. The Bertz CT molecular complexity index is 512. The second-order valence-electron chi connectivity index (χ2n) is 5.43. The predicted octanol–water partition coefficient (Wildman–Crippen LogP) is 1.32. The molecule has 0 amide bonds. The van der Waals surface area contributed by atoms with Gasteiger partial charge in [-0.1, -0.05) is 6.92 Å². The summed E-state index contributed by atoms with van der Waals surface area (Å²) in [5, 5.41) is 3.32. The van der Waals surface area contributed by atoms with E-state index in [1.807, 2.05) is 18.2 Å². The number of fused-ring (bicyclic) bond motifs is 1. The first kappa shape index (κ1) is 14.4. The van der Waals surface area contributed by atoms with Crippen molar-refractivity contribution in [3.63, 3.8) is 0 Å². The van der Waals surface area contributed by atoms with Crippen LogP contribution in [0.5, 0.6) is 11.5 Å². The fourth-order valence-electron chi connectivity index (χ4n) is 2.99. The summed E-state index contributed by atoms with van der Waals surface area (Å²) in [5.74, 6) is 1.59. The van der Waals surface area contributed by atoms with E-state index in [2.05, 4.69) is 17.1 Å². The minimum Gasteiger partial charge on any atom is -0.486 e. The van der Waals surface area contributed by atoms with Crippen LogP contribution in [0.2, 0.25) is 0 Å². The van der Waals surface area contributed by atoms with Crippen LogP contribution < -0.4 is 14.8 Å². The Hall–Kier alpha value is -1.59. The number of carbonyl (C=O) groups excluding carboxylic acids is 1. The van der Waals surface area contributed by atoms with Gasteiger partial charge < -0.3 is 14.8 Å². The Labute approximate surface area is 125 Å². The first-order chi connectivity index (χ1) is 10.3. The second kappa shape index (κ2) is 6.45.